The quantitative estimate of drug-likeness (QED) is 0.327. The van der Waals surface area contributed by atoms with Crippen LogP contribution in [0.3, 0.4) is 0 Å². The van der Waals surface area contributed by atoms with E-state index in [1.165, 1.54) is 25.3 Å². The van der Waals surface area contributed by atoms with Gasteiger partial charge in [-0.25, -0.2) is 0 Å². The fourth-order valence-electron chi connectivity index (χ4n) is 1.48. The van der Waals surface area contributed by atoms with Gasteiger partial charge in [0.05, 0.1) is 0 Å². The Balaban J connectivity index is 3.34. The minimum atomic E-state index is -1.29. The predicted octanol–water partition coefficient (Wildman–Crippen LogP) is 3.97. The van der Waals surface area contributed by atoms with E-state index in [1.807, 2.05) is 6.08 Å². The molecule has 0 atom stereocenters. The zero-order chi connectivity index (χ0) is 10.2. The van der Waals surface area contributed by atoms with Crippen LogP contribution in [0.5, 0.6) is 0 Å². The van der Waals surface area contributed by atoms with Gasteiger partial charge in [0.2, 0.25) is 0 Å². The Morgan fingerprint density at radius 2 is 1.92 bits per heavy atom. The minimum Gasteiger partial charge on any atom is -0.418 e. The van der Waals surface area contributed by atoms with Gasteiger partial charge in [-0.2, -0.15) is 0 Å². The molecule has 0 saturated heterocycles. The maximum atomic E-state index is 5.75. The third kappa shape index (κ3) is 8.25. The molecule has 0 N–H and O–H groups in total. The van der Waals surface area contributed by atoms with Gasteiger partial charge < -0.3 is 4.43 Å². The Kier molecular flexibility index (Phi) is 7.29. The number of rotatable bonds is 8. The van der Waals surface area contributed by atoms with Crippen LogP contribution >= 0.6 is 0 Å². The van der Waals surface area contributed by atoms with Crippen LogP contribution in [0, 0.1) is 0 Å². The molecule has 0 aliphatic heterocycles. The molecular weight excluding hydrogens is 176 g/mol. The zero-order valence-electron chi connectivity index (χ0n) is 9.44. The largest absolute Gasteiger partial charge is 0.418 e. The van der Waals surface area contributed by atoms with Crippen molar-refractivity contribution in [3.05, 3.63) is 12.7 Å². The van der Waals surface area contributed by atoms with E-state index in [9.17, 15) is 0 Å². The Morgan fingerprint density at radius 3 is 2.46 bits per heavy atom. The summed E-state index contributed by atoms with van der Waals surface area (Å²) in [4.78, 5) is 0. The number of allylic oxidation sites excluding steroid dienone is 1. The first kappa shape index (κ1) is 12.9. The van der Waals surface area contributed by atoms with Crippen LogP contribution in [-0.4, -0.2) is 14.9 Å². The van der Waals surface area contributed by atoms with E-state index in [1.54, 1.807) is 0 Å². The first-order valence-corrected chi connectivity index (χ1v) is 8.49. The van der Waals surface area contributed by atoms with E-state index in [-0.39, 0.29) is 0 Å². The Hall–Kier alpha value is -0.0831. The summed E-state index contributed by atoms with van der Waals surface area (Å²) in [5.41, 5.74) is 0. The van der Waals surface area contributed by atoms with Crippen LogP contribution in [-0.2, 0) is 4.43 Å². The molecule has 78 valence electrons. The van der Waals surface area contributed by atoms with Gasteiger partial charge in [-0.15, -0.1) is 6.58 Å². The van der Waals surface area contributed by atoms with Crippen LogP contribution in [0.2, 0.25) is 19.1 Å². The number of unbranched alkanes of at least 4 members (excludes halogenated alkanes) is 3. The highest BCUT2D eigenvalue weighted by Gasteiger charge is 2.20. The van der Waals surface area contributed by atoms with Crippen molar-refractivity contribution in [2.24, 2.45) is 0 Å². The van der Waals surface area contributed by atoms with E-state index < -0.39 is 8.32 Å². The third-order valence-electron chi connectivity index (χ3n) is 2.22. The van der Waals surface area contributed by atoms with Gasteiger partial charge in [0.25, 0.3) is 0 Å². The molecule has 0 aromatic carbocycles. The molecular formula is C11H24OSi. The molecule has 0 aliphatic rings. The maximum absolute atomic E-state index is 5.75. The Bertz CT molecular complexity index is 132. The lowest BCUT2D eigenvalue weighted by Crippen LogP contribution is -2.29. The van der Waals surface area contributed by atoms with Crippen molar-refractivity contribution in [3.63, 3.8) is 0 Å². The lowest BCUT2D eigenvalue weighted by Gasteiger charge is -2.21. The molecule has 0 heterocycles. The predicted molar refractivity (Wildman–Crippen MR) is 62.6 cm³/mol. The van der Waals surface area contributed by atoms with Crippen LogP contribution < -0.4 is 0 Å². The normalized spacial score (nSPS) is 11.6. The molecule has 0 spiro atoms. The van der Waals surface area contributed by atoms with Gasteiger partial charge in [0, 0.05) is 6.61 Å². The maximum Gasteiger partial charge on any atom is 0.186 e. The second-order valence-corrected chi connectivity index (χ2v) is 8.39. The van der Waals surface area contributed by atoms with Gasteiger partial charge in [0.15, 0.2) is 8.32 Å². The summed E-state index contributed by atoms with van der Waals surface area (Å²) in [6, 6.07) is 1.30. The second-order valence-electron chi connectivity index (χ2n) is 4.08. The SMILES string of the molecule is C=CCCCCC[Si](C)(C)OCC. The smallest absolute Gasteiger partial charge is 0.186 e. The van der Waals surface area contributed by atoms with E-state index in [2.05, 4.69) is 26.6 Å². The van der Waals surface area contributed by atoms with E-state index in [0.717, 1.165) is 13.0 Å². The average Bonchev–Trinajstić information content (AvgIpc) is 2.04. The zero-order valence-corrected chi connectivity index (χ0v) is 10.4. The highest BCUT2D eigenvalue weighted by Crippen LogP contribution is 2.16. The minimum absolute atomic E-state index is 0.881. The van der Waals surface area contributed by atoms with Gasteiger partial charge in [0.1, 0.15) is 0 Å². The standard InChI is InChI=1S/C11H24OSi/c1-5-7-8-9-10-11-13(3,4)12-6-2/h5H,1,6-11H2,2-4H3. The monoisotopic (exact) mass is 200 g/mol. The fraction of sp³-hybridized carbons (Fsp3) is 0.818. The summed E-state index contributed by atoms with van der Waals surface area (Å²) in [6.07, 6.45) is 7.12. The molecule has 0 saturated carbocycles. The van der Waals surface area contributed by atoms with Gasteiger partial charge in [-0.05, 0) is 38.9 Å². The highest BCUT2D eigenvalue weighted by molar-refractivity contribution is 6.71. The molecule has 0 rings (SSSR count). The molecule has 0 unspecified atom stereocenters. The molecule has 1 nitrogen and oxygen atoms in total. The lowest BCUT2D eigenvalue weighted by molar-refractivity contribution is 0.327. The first-order chi connectivity index (χ1) is 6.12. The van der Waals surface area contributed by atoms with Crippen molar-refractivity contribution in [1.82, 2.24) is 0 Å². The summed E-state index contributed by atoms with van der Waals surface area (Å²) >= 11 is 0. The van der Waals surface area contributed by atoms with E-state index in [0.29, 0.717) is 0 Å². The first-order valence-electron chi connectivity index (χ1n) is 5.37. The molecule has 0 bridgehead atoms. The van der Waals surface area contributed by atoms with Gasteiger partial charge in [-0.3, -0.25) is 0 Å². The molecule has 0 aromatic heterocycles. The summed E-state index contributed by atoms with van der Waals surface area (Å²) < 4.78 is 5.75. The van der Waals surface area contributed by atoms with Crippen molar-refractivity contribution in [2.45, 2.75) is 51.7 Å². The van der Waals surface area contributed by atoms with Crippen molar-refractivity contribution < 1.29 is 4.43 Å². The molecule has 0 radical (unpaired) electrons. The summed E-state index contributed by atoms with van der Waals surface area (Å²) in [6.45, 7) is 11.3. The summed E-state index contributed by atoms with van der Waals surface area (Å²) in [5.74, 6) is 0. The molecule has 0 amide bonds. The lowest BCUT2D eigenvalue weighted by atomic mass is 10.2. The molecule has 13 heavy (non-hydrogen) atoms. The summed E-state index contributed by atoms with van der Waals surface area (Å²) in [7, 11) is -1.29. The third-order valence-corrected chi connectivity index (χ3v) is 4.85. The van der Waals surface area contributed by atoms with Crippen molar-refractivity contribution >= 4 is 8.32 Å². The molecule has 0 aliphatic carbocycles. The van der Waals surface area contributed by atoms with Crippen LogP contribution in [0.4, 0.5) is 0 Å². The van der Waals surface area contributed by atoms with Crippen molar-refractivity contribution in [1.29, 1.82) is 0 Å². The molecule has 2 heteroatoms. The number of hydrogen-bond acceptors (Lipinski definition) is 1. The van der Waals surface area contributed by atoms with Crippen LogP contribution in [0.15, 0.2) is 12.7 Å². The average molecular weight is 200 g/mol. The highest BCUT2D eigenvalue weighted by atomic mass is 28.4. The van der Waals surface area contributed by atoms with Crippen LogP contribution in [0.25, 0.3) is 0 Å². The van der Waals surface area contributed by atoms with E-state index >= 15 is 0 Å². The topological polar surface area (TPSA) is 9.23 Å². The number of hydrogen-bond donors (Lipinski definition) is 0. The molecule has 0 aromatic rings. The van der Waals surface area contributed by atoms with Crippen molar-refractivity contribution in [3.8, 4) is 0 Å². The van der Waals surface area contributed by atoms with E-state index in [4.69, 9.17) is 4.43 Å². The van der Waals surface area contributed by atoms with Gasteiger partial charge >= 0.3 is 0 Å². The fourth-order valence-corrected chi connectivity index (χ4v) is 3.51. The van der Waals surface area contributed by atoms with Crippen molar-refractivity contribution in [2.75, 3.05) is 6.61 Å². The Morgan fingerprint density at radius 1 is 1.23 bits per heavy atom. The van der Waals surface area contributed by atoms with Gasteiger partial charge in [-0.1, -0.05) is 18.9 Å². The molecule has 0 fully saturated rings. The van der Waals surface area contributed by atoms with Crippen LogP contribution in [0.1, 0.15) is 32.6 Å². The second kappa shape index (κ2) is 7.33. The Labute approximate surface area is 84.3 Å². The summed E-state index contributed by atoms with van der Waals surface area (Å²) in [5, 5.41) is 0.